The van der Waals surface area contributed by atoms with Crippen LogP contribution in [0.15, 0.2) is 58.8 Å². The standard InChI is InChI=1S/C18H16N2O3S2/c1-12-11-24-18(19-12)14-9-7-13(8-10-14)17(21)20-15-5-3-4-6-16(15)25(2,22)23/h3-11H,1-2H3,(H,20,21). The fourth-order valence-corrected chi connectivity index (χ4v) is 3.99. The van der Waals surface area contributed by atoms with Crippen LogP contribution in [-0.4, -0.2) is 25.6 Å². The van der Waals surface area contributed by atoms with Crippen molar-refractivity contribution in [3.63, 3.8) is 0 Å². The number of nitrogens with one attached hydrogen (secondary N) is 1. The molecule has 3 aromatic rings. The van der Waals surface area contributed by atoms with Crippen LogP contribution in [0.2, 0.25) is 0 Å². The number of thiazole rings is 1. The number of sulfone groups is 1. The lowest BCUT2D eigenvalue weighted by Crippen LogP contribution is -2.14. The monoisotopic (exact) mass is 372 g/mol. The molecule has 0 spiro atoms. The van der Waals surface area contributed by atoms with E-state index in [0.29, 0.717) is 5.56 Å². The van der Waals surface area contributed by atoms with Crippen LogP contribution < -0.4 is 5.32 Å². The van der Waals surface area contributed by atoms with E-state index in [0.717, 1.165) is 22.5 Å². The van der Waals surface area contributed by atoms with Crippen molar-refractivity contribution in [3.8, 4) is 10.6 Å². The summed E-state index contributed by atoms with van der Waals surface area (Å²) in [5, 5.41) is 5.53. The van der Waals surface area contributed by atoms with Crippen LogP contribution in [0.5, 0.6) is 0 Å². The minimum atomic E-state index is -3.42. The summed E-state index contributed by atoms with van der Waals surface area (Å²) in [4.78, 5) is 16.9. The van der Waals surface area contributed by atoms with Crippen LogP contribution in [0.4, 0.5) is 5.69 Å². The van der Waals surface area contributed by atoms with Gasteiger partial charge in [0.1, 0.15) is 5.01 Å². The Morgan fingerprint density at radius 3 is 2.36 bits per heavy atom. The Hall–Kier alpha value is -2.51. The predicted octanol–water partition coefficient (Wildman–Crippen LogP) is 3.77. The van der Waals surface area contributed by atoms with E-state index in [9.17, 15) is 13.2 Å². The number of carbonyl (C=O) groups excluding carboxylic acids is 1. The predicted molar refractivity (Wildman–Crippen MR) is 99.8 cm³/mol. The summed E-state index contributed by atoms with van der Waals surface area (Å²) in [6.45, 7) is 1.93. The third-order valence-corrected chi connectivity index (χ3v) is 5.71. The fourth-order valence-electron chi connectivity index (χ4n) is 2.34. The first-order chi connectivity index (χ1) is 11.8. The number of aryl methyl sites for hydroxylation is 1. The Kier molecular flexibility index (Phi) is 4.69. The number of rotatable bonds is 4. The number of benzene rings is 2. The molecular formula is C18H16N2O3S2. The third-order valence-electron chi connectivity index (χ3n) is 3.55. The highest BCUT2D eigenvalue weighted by Crippen LogP contribution is 2.25. The molecule has 0 radical (unpaired) electrons. The van der Waals surface area contributed by atoms with Gasteiger partial charge in [0, 0.05) is 28.5 Å². The van der Waals surface area contributed by atoms with Gasteiger partial charge in [-0.2, -0.15) is 0 Å². The van der Waals surface area contributed by atoms with E-state index in [4.69, 9.17) is 0 Å². The molecule has 1 N–H and O–H groups in total. The molecule has 2 aromatic carbocycles. The molecule has 0 bridgehead atoms. The molecule has 1 heterocycles. The number of aromatic nitrogens is 1. The first-order valence-electron chi connectivity index (χ1n) is 7.47. The van der Waals surface area contributed by atoms with Crippen molar-refractivity contribution in [2.45, 2.75) is 11.8 Å². The number of amides is 1. The van der Waals surface area contributed by atoms with Gasteiger partial charge < -0.3 is 5.32 Å². The molecular weight excluding hydrogens is 356 g/mol. The van der Waals surface area contributed by atoms with E-state index in [1.807, 2.05) is 24.4 Å². The van der Waals surface area contributed by atoms with Crippen molar-refractivity contribution in [1.82, 2.24) is 4.98 Å². The maximum atomic E-state index is 12.4. The fraction of sp³-hybridized carbons (Fsp3) is 0.111. The molecule has 0 aliphatic heterocycles. The molecule has 128 valence electrons. The zero-order valence-electron chi connectivity index (χ0n) is 13.7. The zero-order valence-corrected chi connectivity index (χ0v) is 15.3. The molecule has 0 saturated heterocycles. The van der Waals surface area contributed by atoms with Gasteiger partial charge in [0.2, 0.25) is 0 Å². The van der Waals surface area contributed by atoms with E-state index >= 15 is 0 Å². The number of nitrogens with zero attached hydrogens (tertiary/aromatic N) is 1. The highest BCUT2D eigenvalue weighted by molar-refractivity contribution is 7.90. The molecule has 3 rings (SSSR count). The van der Waals surface area contributed by atoms with Gasteiger partial charge in [-0.1, -0.05) is 24.3 Å². The molecule has 0 aliphatic rings. The van der Waals surface area contributed by atoms with E-state index in [1.54, 1.807) is 41.7 Å². The number of anilines is 1. The van der Waals surface area contributed by atoms with Crippen molar-refractivity contribution in [1.29, 1.82) is 0 Å². The molecule has 5 nitrogen and oxygen atoms in total. The summed E-state index contributed by atoms with van der Waals surface area (Å²) in [6.07, 6.45) is 1.11. The molecule has 0 aliphatic carbocycles. The van der Waals surface area contributed by atoms with Gasteiger partial charge in [-0.05, 0) is 31.2 Å². The smallest absolute Gasteiger partial charge is 0.255 e. The zero-order chi connectivity index (χ0) is 18.0. The maximum absolute atomic E-state index is 12.4. The normalized spacial score (nSPS) is 11.3. The van der Waals surface area contributed by atoms with Crippen molar-refractivity contribution >= 4 is 32.8 Å². The lowest BCUT2D eigenvalue weighted by atomic mass is 10.1. The molecule has 0 unspecified atom stereocenters. The maximum Gasteiger partial charge on any atom is 0.255 e. The van der Waals surface area contributed by atoms with Crippen LogP contribution in [-0.2, 0) is 9.84 Å². The second kappa shape index (κ2) is 6.78. The lowest BCUT2D eigenvalue weighted by molar-refractivity contribution is 0.102. The van der Waals surface area contributed by atoms with Crippen LogP contribution in [0.25, 0.3) is 10.6 Å². The average molecular weight is 372 g/mol. The topological polar surface area (TPSA) is 76.1 Å². The summed E-state index contributed by atoms with van der Waals surface area (Å²) >= 11 is 1.55. The van der Waals surface area contributed by atoms with E-state index in [2.05, 4.69) is 10.3 Å². The van der Waals surface area contributed by atoms with Crippen LogP contribution in [0.1, 0.15) is 16.1 Å². The SMILES string of the molecule is Cc1csc(-c2ccc(C(=O)Nc3ccccc3S(C)(=O)=O)cc2)n1. The van der Waals surface area contributed by atoms with E-state index in [-0.39, 0.29) is 16.5 Å². The number of carbonyl (C=O) groups is 1. The molecule has 1 aromatic heterocycles. The largest absolute Gasteiger partial charge is 0.321 e. The Balaban J connectivity index is 1.83. The number of hydrogen-bond donors (Lipinski definition) is 1. The van der Waals surface area contributed by atoms with Gasteiger partial charge in [-0.3, -0.25) is 4.79 Å². The Morgan fingerprint density at radius 2 is 1.76 bits per heavy atom. The summed E-state index contributed by atoms with van der Waals surface area (Å²) in [5.74, 6) is -0.363. The minimum Gasteiger partial charge on any atom is -0.321 e. The molecule has 1 amide bonds. The van der Waals surface area contributed by atoms with Crippen molar-refractivity contribution in [2.75, 3.05) is 11.6 Å². The van der Waals surface area contributed by atoms with Crippen LogP contribution in [0.3, 0.4) is 0 Å². The molecule has 0 atom stereocenters. The molecule has 25 heavy (non-hydrogen) atoms. The lowest BCUT2D eigenvalue weighted by Gasteiger charge is -2.10. The van der Waals surface area contributed by atoms with Gasteiger partial charge >= 0.3 is 0 Å². The first kappa shape index (κ1) is 17.3. The van der Waals surface area contributed by atoms with Gasteiger partial charge in [-0.15, -0.1) is 11.3 Å². The summed E-state index contributed by atoms with van der Waals surface area (Å²) in [6, 6.07) is 13.4. The average Bonchev–Trinajstić information content (AvgIpc) is 3.01. The van der Waals surface area contributed by atoms with Gasteiger partial charge in [0.05, 0.1) is 10.6 Å². The highest BCUT2D eigenvalue weighted by Gasteiger charge is 2.15. The van der Waals surface area contributed by atoms with E-state index < -0.39 is 9.84 Å². The number of para-hydroxylation sites is 1. The Morgan fingerprint density at radius 1 is 1.08 bits per heavy atom. The summed E-state index contributed by atoms with van der Waals surface area (Å²) in [7, 11) is -3.42. The quantitative estimate of drug-likeness (QED) is 0.756. The van der Waals surface area contributed by atoms with Crippen LogP contribution >= 0.6 is 11.3 Å². The second-order valence-corrected chi connectivity index (χ2v) is 8.44. The number of hydrogen-bond acceptors (Lipinski definition) is 5. The van der Waals surface area contributed by atoms with Crippen molar-refractivity contribution < 1.29 is 13.2 Å². The van der Waals surface area contributed by atoms with Gasteiger partial charge in [0.25, 0.3) is 5.91 Å². The van der Waals surface area contributed by atoms with Gasteiger partial charge in [-0.25, -0.2) is 13.4 Å². The first-order valence-corrected chi connectivity index (χ1v) is 10.2. The minimum absolute atomic E-state index is 0.0956. The Bertz CT molecular complexity index is 1020. The molecule has 0 saturated carbocycles. The third kappa shape index (κ3) is 3.94. The highest BCUT2D eigenvalue weighted by atomic mass is 32.2. The second-order valence-electron chi connectivity index (χ2n) is 5.59. The van der Waals surface area contributed by atoms with Crippen molar-refractivity contribution in [3.05, 3.63) is 65.2 Å². The van der Waals surface area contributed by atoms with Crippen molar-refractivity contribution in [2.24, 2.45) is 0 Å². The summed E-state index contributed by atoms with van der Waals surface area (Å²) < 4.78 is 23.6. The van der Waals surface area contributed by atoms with E-state index in [1.165, 1.54) is 6.07 Å². The molecule has 7 heteroatoms. The summed E-state index contributed by atoms with van der Waals surface area (Å²) in [5.41, 5.74) is 2.61. The molecule has 0 fully saturated rings. The van der Waals surface area contributed by atoms with Gasteiger partial charge in [0.15, 0.2) is 9.84 Å². The Labute approximate surface area is 150 Å². The van der Waals surface area contributed by atoms with Crippen LogP contribution in [0, 0.1) is 6.92 Å².